The summed E-state index contributed by atoms with van der Waals surface area (Å²) in [7, 11) is 1.67. The zero-order valence-electron chi connectivity index (χ0n) is 13.5. The van der Waals surface area contributed by atoms with E-state index in [1.54, 1.807) is 19.2 Å². The Labute approximate surface area is 136 Å². The first-order valence-corrected chi connectivity index (χ1v) is 7.63. The number of carbonyl (C=O) groups excluding carboxylic acids is 1. The van der Waals surface area contributed by atoms with Gasteiger partial charge in [0.15, 0.2) is 5.69 Å². The number of amides is 1. The standard InChI is InChI=1S/C17H22N4O2/c1-13(14-7-4-3-5-8-14)19-17(22)15-9-10-16(21-20-15)18-11-6-12-23-2/h3-5,7-10,13H,6,11-12H2,1-2H3,(H,18,21)(H,19,22). The summed E-state index contributed by atoms with van der Waals surface area (Å²) < 4.78 is 4.97. The zero-order chi connectivity index (χ0) is 16.5. The molecule has 0 saturated carbocycles. The molecule has 0 radical (unpaired) electrons. The van der Waals surface area contributed by atoms with Crippen molar-refractivity contribution in [2.75, 3.05) is 25.6 Å². The summed E-state index contributed by atoms with van der Waals surface area (Å²) in [6, 6.07) is 13.1. The van der Waals surface area contributed by atoms with Gasteiger partial charge in [-0.3, -0.25) is 4.79 Å². The molecular weight excluding hydrogens is 292 g/mol. The van der Waals surface area contributed by atoms with Crippen molar-refractivity contribution in [3.63, 3.8) is 0 Å². The van der Waals surface area contributed by atoms with Crippen molar-refractivity contribution in [2.45, 2.75) is 19.4 Å². The van der Waals surface area contributed by atoms with E-state index in [1.165, 1.54) is 0 Å². The topological polar surface area (TPSA) is 76.1 Å². The number of nitrogens with zero attached hydrogens (tertiary/aromatic N) is 2. The highest BCUT2D eigenvalue weighted by Gasteiger charge is 2.12. The lowest BCUT2D eigenvalue weighted by Gasteiger charge is -2.13. The number of carbonyl (C=O) groups is 1. The van der Waals surface area contributed by atoms with Crippen LogP contribution in [0.25, 0.3) is 0 Å². The summed E-state index contributed by atoms with van der Waals surface area (Å²) in [5.74, 6) is 0.411. The molecule has 2 rings (SSSR count). The SMILES string of the molecule is COCCCNc1ccc(C(=O)NC(C)c2ccccc2)nn1. The van der Waals surface area contributed by atoms with Gasteiger partial charge in [-0.05, 0) is 31.0 Å². The van der Waals surface area contributed by atoms with E-state index in [4.69, 9.17) is 4.74 Å². The van der Waals surface area contributed by atoms with Crippen molar-refractivity contribution in [1.29, 1.82) is 0 Å². The lowest BCUT2D eigenvalue weighted by molar-refractivity contribution is 0.0934. The van der Waals surface area contributed by atoms with Gasteiger partial charge in [-0.1, -0.05) is 30.3 Å². The molecule has 0 fully saturated rings. The van der Waals surface area contributed by atoms with Gasteiger partial charge in [0.05, 0.1) is 6.04 Å². The van der Waals surface area contributed by atoms with Crippen LogP contribution in [0.2, 0.25) is 0 Å². The van der Waals surface area contributed by atoms with Crippen molar-refractivity contribution in [2.24, 2.45) is 0 Å². The number of nitrogens with one attached hydrogen (secondary N) is 2. The minimum Gasteiger partial charge on any atom is -0.385 e. The van der Waals surface area contributed by atoms with Crippen LogP contribution in [0.15, 0.2) is 42.5 Å². The van der Waals surface area contributed by atoms with E-state index in [0.29, 0.717) is 18.1 Å². The fourth-order valence-corrected chi connectivity index (χ4v) is 2.08. The molecule has 1 atom stereocenters. The second-order valence-electron chi connectivity index (χ2n) is 5.18. The molecule has 0 aliphatic rings. The molecule has 1 aromatic carbocycles. The number of methoxy groups -OCH3 is 1. The first-order chi connectivity index (χ1) is 11.2. The minimum absolute atomic E-state index is 0.0858. The van der Waals surface area contributed by atoms with Gasteiger partial charge in [0.1, 0.15) is 5.82 Å². The largest absolute Gasteiger partial charge is 0.385 e. The van der Waals surface area contributed by atoms with Crippen LogP contribution in [-0.4, -0.2) is 36.4 Å². The van der Waals surface area contributed by atoms with E-state index >= 15 is 0 Å². The summed E-state index contributed by atoms with van der Waals surface area (Å²) in [6.07, 6.45) is 0.884. The number of hydrogen-bond acceptors (Lipinski definition) is 5. The fourth-order valence-electron chi connectivity index (χ4n) is 2.08. The summed E-state index contributed by atoms with van der Waals surface area (Å²) in [5.41, 5.74) is 1.35. The molecule has 2 N–H and O–H groups in total. The molecule has 2 aromatic rings. The highest BCUT2D eigenvalue weighted by atomic mass is 16.5. The lowest BCUT2D eigenvalue weighted by atomic mass is 10.1. The van der Waals surface area contributed by atoms with Gasteiger partial charge in [0.2, 0.25) is 0 Å². The van der Waals surface area contributed by atoms with Gasteiger partial charge >= 0.3 is 0 Å². The molecule has 1 heterocycles. The molecule has 1 aromatic heterocycles. The Bertz CT molecular complexity index is 602. The third-order valence-electron chi connectivity index (χ3n) is 3.38. The molecule has 6 nitrogen and oxygen atoms in total. The number of benzene rings is 1. The number of hydrogen-bond donors (Lipinski definition) is 2. The van der Waals surface area contributed by atoms with Crippen molar-refractivity contribution in [1.82, 2.24) is 15.5 Å². The molecule has 1 unspecified atom stereocenters. The molecule has 0 spiro atoms. The van der Waals surface area contributed by atoms with Crippen LogP contribution in [0.1, 0.15) is 35.4 Å². The van der Waals surface area contributed by atoms with Crippen LogP contribution < -0.4 is 10.6 Å². The predicted octanol–water partition coefficient (Wildman–Crippen LogP) is 2.42. The quantitative estimate of drug-likeness (QED) is 0.732. The molecule has 0 saturated heterocycles. The molecule has 1 amide bonds. The summed E-state index contributed by atoms with van der Waals surface area (Å²) in [5, 5.41) is 14.0. The van der Waals surface area contributed by atoms with E-state index in [9.17, 15) is 4.79 Å². The van der Waals surface area contributed by atoms with Gasteiger partial charge in [0, 0.05) is 20.3 Å². The Morgan fingerprint density at radius 3 is 2.61 bits per heavy atom. The van der Waals surface area contributed by atoms with Gasteiger partial charge in [0.25, 0.3) is 5.91 Å². The highest BCUT2D eigenvalue weighted by molar-refractivity contribution is 5.92. The minimum atomic E-state index is -0.236. The molecule has 0 aliphatic heterocycles. The molecule has 6 heteroatoms. The summed E-state index contributed by atoms with van der Waals surface area (Å²) >= 11 is 0. The lowest BCUT2D eigenvalue weighted by Crippen LogP contribution is -2.27. The maximum atomic E-state index is 12.2. The van der Waals surface area contributed by atoms with Gasteiger partial charge < -0.3 is 15.4 Å². The first-order valence-electron chi connectivity index (χ1n) is 7.63. The van der Waals surface area contributed by atoms with Crippen LogP contribution in [0.5, 0.6) is 0 Å². The van der Waals surface area contributed by atoms with E-state index in [-0.39, 0.29) is 11.9 Å². The van der Waals surface area contributed by atoms with Crippen molar-refractivity contribution < 1.29 is 9.53 Å². The number of rotatable bonds is 8. The number of ether oxygens (including phenoxy) is 1. The Morgan fingerprint density at radius 1 is 1.17 bits per heavy atom. The van der Waals surface area contributed by atoms with Crippen LogP contribution in [-0.2, 0) is 4.74 Å². The van der Waals surface area contributed by atoms with Crippen LogP contribution in [0, 0.1) is 0 Å². The van der Waals surface area contributed by atoms with Crippen molar-refractivity contribution in [3.05, 3.63) is 53.7 Å². The second-order valence-corrected chi connectivity index (χ2v) is 5.18. The number of aromatic nitrogens is 2. The zero-order valence-corrected chi connectivity index (χ0v) is 13.5. The van der Waals surface area contributed by atoms with Crippen LogP contribution >= 0.6 is 0 Å². The molecular formula is C17H22N4O2. The number of anilines is 1. The monoisotopic (exact) mass is 314 g/mol. The van der Waals surface area contributed by atoms with Gasteiger partial charge in [-0.25, -0.2) is 0 Å². The smallest absolute Gasteiger partial charge is 0.272 e. The summed E-state index contributed by atoms with van der Waals surface area (Å²) in [6.45, 7) is 3.38. The Morgan fingerprint density at radius 2 is 1.96 bits per heavy atom. The molecule has 23 heavy (non-hydrogen) atoms. The predicted molar refractivity (Wildman–Crippen MR) is 89.3 cm³/mol. The Hall–Kier alpha value is -2.47. The van der Waals surface area contributed by atoms with E-state index in [0.717, 1.165) is 18.5 Å². The van der Waals surface area contributed by atoms with Gasteiger partial charge in [-0.2, -0.15) is 0 Å². The van der Waals surface area contributed by atoms with E-state index in [1.807, 2.05) is 37.3 Å². The average molecular weight is 314 g/mol. The van der Waals surface area contributed by atoms with Crippen molar-refractivity contribution in [3.8, 4) is 0 Å². The van der Waals surface area contributed by atoms with E-state index in [2.05, 4.69) is 20.8 Å². The van der Waals surface area contributed by atoms with E-state index < -0.39 is 0 Å². The average Bonchev–Trinajstić information content (AvgIpc) is 2.60. The van der Waals surface area contributed by atoms with Crippen LogP contribution in [0.3, 0.4) is 0 Å². The molecule has 0 bridgehead atoms. The third kappa shape index (κ3) is 5.34. The third-order valence-corrected chi connectivity index (χ3v) is 3.38. The molecule has 122 valence electrons. The fraction of sp³-hybridized carbons (Fsp3) is 0.353. The Balaban J connectivity index is 1.87. The highest BCUT2D eigenvalue weighted by Crippen LogP contribution is 2.12. The second kappa shape index (κ2) is 8.85. The maximum absolute atomic E-state index is 12.2. The summed E-state index contributed by atoms with van der Waals surface area (Å²) in [4.78, 5) is 12.2. The van der Waals surface area contributed by atoms with Crippen molar-refractivity contribution >= 4 is 11.7 Å². The van der Waals surface area contributed by atoms with Gasteiger partial charge in [-0.15, -0.1) is 10.2 Å². The van der Waals surface area contributed by atoms with Crippen LogP contribution in [0.4, 0.5) is 5.82 Å². The normalized spacial score (nSPS) is 11.7. The molecule has 0 aliphatic carbocycles. The maximum Gasteiger partial charge on any atom is 0.272 e. The first kappa shape index (κ1) is 16.9. The Kier molecular flexibility index (Phi) is 6.50.